The Balaban J connectivity index is 1.71. The third-order valence-electron chi connectivity index (χ3n) is 3.83. The molecule has 1 N–H and O–H groups in total. The van der Waals surface area contributed by atoms with Crippen molar-refractivity contribution in [2.75, 3.05) is 11.8 Å². The van der Waals surface area contributed by atoms with Gasteiger partial charge >= 0.3 is 0 Å². The van der Waals surface area contributed by atoms with Crippen LogP contribution in [0.25, 0.3) is 0 Å². The molecule has 0 radical (unpaired) electrons. The highest BCUT2D eigenvalue weighted by molar-refractivity contribution is 7.92. The highest BCUT2D eigenvalue weighted by Gasteiger charge is 2.17. The molecule has 1 amide bonds. The summed E-state index contributed by atoms with van der Waals surface area (Å²) in [5.74, 6) is 0.429. The van der Waals surface area contributed by atoms with E-state index >= 15 is 0 Å². The van der Waals surface area contributed by atoms with Crippen LogP contribution in [0.15, 0.2) is 76.2 Å². The van der Waals surface area contributed by atoms with Gasteiger partial charge in [0, 0.05) is 23.3 Å². The molecular weight excluding hydrogens is 388 g/mol. The lowest BCUT2D eigenvalue weighted by Crippen LogP contribution is -2.26. The monoisotopic (exact) mass is 404 g/mol. The summed E-state index contributed by atoms with van der Waals surface area (Å²) in [4.78, 5) is 14.0. The molecule has 0 fully saturated rings. The first-order valence-electron chi connectivity index (χ1n) is 8.01. The Kier molecular flexibility index (Phi) is 5.53. The maximum atomic E-state index is 12.5. The predicted molar refractivity (Wildman–Crippen MR) is 103 cm³/mol. The van der Waals surface area contributed by atoms with E-state index < -0.39 is 10.0 Å². The molecule has 0 saturated carbocycles. The predicted octanol–water partition coefficient (Wildman–Crippen LogP) is 4.01. The van der Waals surface area contributed by atoms with Crippen molar-refractivity contribution in [1.82, 2.24) is 4.90 Å². The molecule has 6 nitrogen and oxygen atoms in total. The Morgan fingerprint density at radius 3 is 2.33 bits per heavy atom. The Morgan fingerprint density at radius 1 is 1.07 bits per heavy atom. The van der Waals surface area contributed by atoms with Gasteiger partial charge < -0.3 is 9.32 Å². The van der Waals surface area contributed by atoms with E-state index in [4.69, 9.17) is 16.0 Å². The molecular formula is C19H17ClN2O4S. The lowest BCUT2D eigenvalue weighted by Gasteiger charge is -2.16. The van der Waals surface area contributed by atoms with E-state index in [1.54, 1.807) is 49.7 Å². The van der Waals surface area contributed by atoms with Crippen molar-refractivity contribution in [3.05, 3.63) is 83.3 Å². The van der Waals surface area contributed by atoms with Crippen LogP contribution in [0.4, 0.5) is 5.69 Å². The highest BCUT2D eigenvalue weighted by atomic mass is 35.5. The van der Waals surface area contributed by atoms with Gasteiger partial charge in [0.15, 0.2) is 0 Å². The number of carbonyl (C=O) groups excluding carboxylic acids is 1. The number of halogens is 1. The molecule has 0 unspecified atom stereocenters. The molecule has 0 spiro atoms. The highest BCUT2D eigenvalue weighted by Crippen LogP contribution is 2.19. The summed E-state index contributed by atoms with van der Waals surface area (Å²) >= 11 is 5.80. The summed E-state index contributed by atoms with van der Waals surface area (Å²) in [5, 5.41) is 0.513. The molecule has 0 bridgehead atoms. The summed E-state index contributed by atoms with van der Waals surface area (Å²) < 4.78 is 32.6. The molecule has 140 valence electrons. The number of rotatable bonds is 6. The molecule has 0 aliphatic heterocycles. The van der Waals surface area contributed by atoms with Gasteiger partial charge in [-0.15, -0.1) is 0 Å². The summed E-state index contributed by atoms with van der Waals surface area (Å²) in [6, 6.07) is 15.6. The lowest BCUT2D eigenvalue weighted by molar-refractivity contribution is 0.0775. The van der Waals surface area contributed by atoms with Crippen LogP contribution in [0.3, 0.4) is 0 Å². The second kappa shape index (κ2) is 7.85. The standard InChI is InChI=1S/C19H17ClN2O4S/c1-22(13-17-3-2-12-26-17)19(23)14-4-10-18(11-5-14)27(24,25)21-16-8-6-15(20)7-9-16/h2-12,21H,13H2,1H3. The second-order valence-electron chi connectivity index (χ2n) is 5.88. The van der Waals surface area contributed by atoms with Crippen LogP contribution in [0.2, 0.25) is 5.02 Å². The van der Waals surface area contributed by atoms with E-state index in [-0.39, 0.29) is 10.8 Å². The van der Waals surface area contributed by atoms with Crippen LogP contribution in [0.5, 0.6) is 0 Å². The van der Waals surface area contributed by atoms with Crippen molar-refractivity contribution < 1.29 is 17.6 Å². The van der Waals surface area contributed by atoms with Crippen molar-refractivity contribution in [3.8, 4) is 0 Å². The fourth-order valence-corrected chi connectivity index (χ4v) is 3.62. The van der Waals surface area contributed by atoms with Gasteiger partial charge in [0.1, 0.15) is 5.76 Å². The minimum absolute atomic E-state index is 0.0580. The average molecular weight is 405 g/mol. The van der Waals surface area contributed by atoms with Crippen LogP contribution < -0.4 is 4.72 Å². The Bertz CT molecular complexity index is 1010. The first-order chi connectivity index (χ1) is 12.8. The largest absolute Gasteiger partial charge is 0.467 e. The summed E-state index contributed by atoms with van der Waals surface area (Å²) in [6.45, 7) is 0.323. The van der Waals surface area contributed by atoms with E-state index in [1.807, 2.05) is 0 Å². The van der Waals surface area contributed by atoms with Gasteiger partial charge in [-0.1, -0.05) is 11.6 Å². The number of sulfonamides is 1. The quantitative estimate of drug-likeness (QED) is 0.673. The van der Waals surface area contributed by atoms with Crippen LogP contribution in [0.1, 0.15) is 16.1 Å². The Morgan fingerprint density at radius 2 is 1.74 bits per heavy atom. The molecule has 0 aliphatic carbocycles. The SMILES string of the molecule is CN(Cc1ccco1)C(=O)c1ccc(S(=O)(=O)Nc2ccc(Cl)cc2)cc1. The Hall–Kier alpha value is -2.77. The third-order valence-corrected chi connectivity index (χ3v) is 5.48. The van der Waals surface area contributed by atoms with Gasteiger partial charge in [0.2, 0.25) is 0 Å². The maximum absolute atomic E-state index is 12.5. The number of amides is 1. The molecule has 8 heteroatoms. The fourth-order valence-electron chi connectivity index (χ4n) is 2.44. The van der Waals surface area contributed by atoms with E-state index in [0.29, 0.717) is 28.6 Å². The fraction of sp³-hybridized carbons (Fsp3) is 0.105. The zero-order valence-corrected chi connectivity index (χ0v) is 16.0. The smallest absolute Gasteiger partial charge is 0.261 e. The van der Waals surface area contributed by atoms with Crippen molar-refractivity contribution in [2.24, 2.45) is 0 Å². The van der Waals surface area contributed by atoms with Gasteiger partial charge in [-0.2, -0.15) is 0 Å². The first kappa shape index (κ1) is 19.0. The maximum Gasteiger partial charge on any atom is 0.261 e. The van der Waals surface area contributed by atoms with Crippen LogP contribution in [-0.2, 0) is 16.6 Å². The van der Waals surface area contributed by atoms with E-state index in [2.05, 4.69) is 4.72 Å². The zero-order chi connectivity index (χ0) is 19.4. The van der Waals surface area contributed by atoms with Crippen molar-refractivity contribution in [2.45, 2.75) is 11.4 Å². The number of nitrogens with zero attached hydrogens (tertiary/aromatic N) is 1. The van der Waals surface area contributed by atoms with Gasteiger partial charge in [0.25, 0.3) is 15.9 Å². The normalized spacial score (nSPS) is 11.2. The minimum atomic E-state index is -3.76. The van der Waals surface area contributed by atoms with Crippen molar-refractivity contribution in [3.63, 3.8) is 0 Å². The van der Waals surface area contributed by atoms with E-state index in [0.717, 1.165) is 0 Å². The van der Waals surface area contributed by atoms with Gasteiger partial charge in [-0.05, 0) is 60.7 Å². The van der Waals surface area contributed by atoms with Crippen LogP contribution in [-0.4, -0.2) is 26.3 Å². The minimum Gasteiger partial charge on any atom is -0.467 e. The lowest BCUT2D eigenvalue weighted by atomic mass is 10.2. The number of carbonyl (C=O) groups is 1. The Labute approximate surface area is 162 Å². The van der Waals surface area contributed by atoms with Gasteiger partial charge in [-0.3, -0.25) is 9.52 Å². The van der Waals surface area contributed by atoms with E-state index in [1.165, 1.54) is 29.2 Å². The number of hydrogen-bond acceptors (Lipinski definition) is 4. The zero-order valence-electron chi connectivity index (χ0n) is 14.4. The number of benzene rings is 2. The van der Waals surface area contributed by atoms with Gasteiger partial charge in [0.05, 0.1) is 17.7 Å². The molecule has 1 aromatic heterocycles. The molecule has 0 aliphatic rings. The number of nitrogens with one attached hydrogen (secondary N) is 1. The molecule has 1 heterocycles. The topological polar surface area (TPSA) is 79.6 Å². The van der Waals surface area contributed by atoms with Crippen molar-refractivity contribution >= 4 is 33.2 Å². The molecule has 0 saturated heterocycles. The average Bonchev–Trinajstić information content (AvgIpc) is 3.16. The summed E-state index contributed by atoms with van der Waals surface area (Å²) in [5.41, 5.74) is 0.784. The molecule has 27 heavy (non-hydrogen) atoms. The summed E-state index contributed by atoms with van der Waals surface area (Å²) in [7, 11) is -2.11. The first-order valence-corrected chi connectivity index (χ1v) is 9.87. The molecule has 2 aromatic carbocycles. The van der Waals surface area contributed by atoms with E-state index in [9.17, 15) is 13.2 Å². The number of hydrogen-bond donors (Lipinski definition) is 1. The number of furan rings is 1. The van der Waals surface area contributed by atoms with Gasteiger partial charge in [-0.25, -0.2) is 8.42 Å². The van der Waals surface area contributed by atoms with Crippen LogP contribution >= 0.6 is 11.6 Å². The third kappa shape index (κ3) is 4.69. The molecule has 0 atom stereocenters. The number of anilines is 1. The second-order valence-corrected chi connectivity index (χ2v) is 8.00. The molecule has 3 rings (SSSR count). The molecule has 3 aromatic rings. The van der Waals surface area contributed by atoms with Crippen LogP contribution in [0, 0.1) is 0 Å². The summed E-state index contributed by atoms with van der Waals surface area (Å²) in [6.07, 6.45) is 1.54. The van der Waals surface area contributed by atoms with Crippen molar-refractivity contribution in [1.29, 1.82) is 0 Å².